The Balaban J connectivity index is 1.72. The van der Waals surface area contributed by atoms with Gasteiger partial charge in [0.2, 0.25) is 0 Å². The van der Waals surface area contributed by atoms with E-state index in [0.717, 1.165) is 29.8 Å². The van der Waals surface area contributed by atoms with Gasteiger partial charge in [-0.25, -0.2) is 8.42 Å². The lowest BCUT2D eigenvalue weighted by atomic mass is 9.92. The minimum Gasteiger partial charge on any atom is -0.481 e. The molecule has 7 nitrogen and oxygen atoms in total. The van der Waals surface area contributed by atoms with Crippen LogP contribution in [0, 0.1) is 5.92 Å². The summed E-state index contributed by atoms with van der Waals surface area (Å²) in [7, 11) is -4.19. The minimum atomic E-state index is -4.91. The molecule has 2 N–H and O–H groups in total. The van der Waals surface area contributed by atoms with E-state index in [-0.39, 0.29) is 29.0 Å². The molecule has 0 heterocycles. The molecular weight excluding hydrogens is 487 g/mol. The number of benzene rings is 3. The number of Topliss-reactive ketones (excluding diaryl/α,β-unsaturated/α-hetero) is 1. The molecule has 11 heteroatoms. The predicted molar refractivity (Wildman–Crippen MR) is 121 cm³/mol. The highest BCUT2D eigenvalue weighted by molar-refractivity contribution is 7.92. The van der Waals surface area contributed by atoms with Gasteiger partial charge >= 0.3 is 12.3 Å². The molecule has 3 aromatic carbocycles. The fourth-order valence-electron chi connectivity index (χ4n) is 3.28. The van der Waals surface area contributed by atoms with Crippen molar-refractivity contribution in [1.29, 1.82) is 0 Å². The maximum atomic E-state index is 12.7. The highest BCUT2D eigenvalue weighted by Gasteiger charge is 2.31. The van der Waals surface area contributed by atoms with Crippen molar-refractivity contribution in [3.05, 3.63) is 90.0 Å². The molecular formula is C24H20F3NO6S. The summed E-state index contributed by atoms with van der Waals surface area (Å²) in [6.45, 7) is 0. The summed E-state index contributed by atoms with van der Waals surface area (Å²) in [5.74, 6) is -3.16. The molecule has 3 rings (SSSR count). The van der Waals surface area contributed by atoms with Gasteiger partial charge < -0.3 is 9.84 Å². The predicted octanol–water partition coefficient (Wildman–Crippen LogP) is 4.90. The number of carbonyl (C=O) groups excluding carboxylic acids is 1. The number of aliphatic carboxylic acids is 1. The van der Waals surface area contributed by atoms with Crippen LogP contribution in [-0.2, 0) is 21.2 Å². The van der Waals surface area contributed by atoms with Crippen LogP contribution in [0.5, 0.6) is 5.75 Å². The van der Waals surface area contributed by atoms with Gasteiger partial charge in [0, 0.05) is 17.7 Å². The molecule has 0 radical (unpaired) electrons. The lowest BCUT2D eigenvalue weighted by Crippen LogP contribution is -2.20. The number of rotatable bonds is 10. The number of sulfonamides is 1. The van der Waals surface area contributed by atoms with E-state index in [1.165, 1.54) is 24.3 Å². The lowest BCUT2D eigenvalue weighted by molar-refractivity contribution is -0.274. The Bertz CT molecular complexity index is 1290. The number of alkyl halides is 3. The molecule has 35 heavy (non-hydrogen) atoms. The number of anilines is 1. The molecule has 1 unspecified atom stereocenters. The van der Waals surface area contributed by atoms with E-state index in [1.54, 1.807) is 30.3 Å². The first-order valence-corrected chi connectivity index (χ1v) is 11.7. The van der Waals surface area contributed by atoms with Crippen molar-refractivity contribution in [2.45, 2.75) is 24.1 Å². The monoisotopic (exact) mass is 507 g/mol. The van der Waals surface area contributed by atoms with Crippen molar-refractivity contribution in [3.63, 3.8) is 0 Å². The number of hydrogen-bond donors (Lipinski definition) is 2. The first-order valence-electron chi connectivity index (χ1n) is 10.2. The number of carboxylic acids is 1. The minimum absolute atomic E-state index is 0.0291. The van der Waals surface area contributed by atoms with Crippen LogP contribution in [0.2, 0.25) is 0 Å². The van der Waals surface area contributed by atoms with Crippen LogP contribution >= 0.6 is 0 Å². The van der Waals surface area contributed by atoms with Crippen LogP contribution in [0.15, 0.2) is 83.8 Å². The van der Waals surface area contributed by atoms with Crippen molar-refractivity contribution in [2.75, 3.05) is 4.72 Å². The quantitative estimate of drug-likeness (QED) is 0.378. The van der Waals surface area contributed by atoms with E-state index < -0.39 is 39.8 Å². The van der Waals surface area contributed by atoms with Crippen LogP contribution < -0.4 is 9.46 Å². The van der Waals surface area contributed by atoms with E-state index in [9.17, 15) is 36.3 Å². The summed E-state index contributed by atoms with van der Waals surface area (Å²) in [5.41, 5.74) is 0.903. The van der Waals surface area contributed by atoms with E-state index in [4.69, 9.17) is 0 Å². The normalized spacial score (nSPS) is 12.5. The summed E-state index contributed by atoms with van der Waals surface area (Å²) in [5, 5.41) is 9.53. The van der Waals surface area contributed by atoms with E-state index in [0.29, 0.717) is 0 Å². The second-order valence-electron chi connectivity index (χ2n) is 7.56. The zero-order chi connectivity index (χ0) is 25.6. The molecule has 0 aliphatic carbocycles. The zero-order valence-electron chi connectivity index (χ0n) is 18.0. The molecule has 0 aliphatic rings. The average Bonchev–Trinajstić information content (AvgIpc) is 2.78. The Morgan fingerprint density at radius 1 is 0.943 bits per heavy atom. The summed E-state index contributed by atoms with van der Waals surface area (Å²) in [6, 6.07) is 18.0. The SMILES string of the molecule is O=C(CC(Cc1ccccc1)C(=O)O)c1cccc(NS(=O)(=O)c2ccc(OC(F)(F)F)cc2)c1. The molecule has 0 amide bonds. The third kappa shape index (κ3) is 7.57. The molecule has 184 valence electrons. The number of hydrogen-bond acceptors (Lipinski definition) is 5. The van der Waals surface area contributed by atoms with E-state index in [2.05, 4.69) is 9.46 Å². The highest BCUT2D eigenvalue weighted by Crippen LogP contribution is 2.25. The topological polar surface area (TPSA) is 110 Å². The summed E-state index contributed by atoms with van der Waals surface area (Å²) >= 11 is 0. The Labute approximate surface area is 199 Å². The first kappa shape index (κ1) is 25.8. The van der Waals surface area contributed by atoms with Gasteiger partial charge in [-0.2, -0.15) is 0 Å². The van der Waals surface area contributed by atoms with E-state index >= 15 is 0 Å². The van der Waals surface area contributed by atoms with Crippen LogP contribution in [-0.4, -0.2) is 31.6 Å². The fourth-order valence-corrected chi connectivity index (χ4v) is 4.33. The highest BCUT2D eigenvalue weighted by atomic mass is 32.2. The fraction of sp³-hybridized carbons (Fsp3) is 0.167. The van der Waals surface area contributed by atoms with Gasteiger partial charge in [-0.3, -0.25) is 14.3 Å². The standard InChI is InChI=1S/C24H20F3NO6S/c25-24(26,27)34-20-9-11-21(12-10-20)35(32,33)28-19-8-4-7-17(14-19)22(29)15-18(23(30)31)13-16-5-2-1-3-6-16/h1-12,14,18,28H,13,15H2,(H,30,31). The lowest BCUT2D eigenvalue weighted by Gasteiger charge is -2.13. The molecule has 0 spiro atoms. The van der Waals surface area contributed by atoms with E-state index in [1.807, 2.05) is 0 Å². The molecule has 0 bridgehead atoms. The van der Waals surface area contributed by atoms with Gasteiger partial charge in [-0.15, -0.1) is 13.2 Å². The van der Waals surface area contributed by atoms with Crippen LogP contribution in [0.4, 0.5) is 18.9 Å². The Kier molecular flexibility index (Phi) is 7.80. The smallest absolute Gasteiger partial charge is 0.481 e. The molecule has 3 aromatic rings. The zero-order valence-corrected chi connectivity index (χ0v) is 18.8. The maximum Gasteiger partial charge on any atom is 0.573 e. The summed E-state index contributed by atoms with van der Waals surface area (Å²) in [6.07, 6.45) is -5.05. The second-order valence-corrected chi connectivity index (χ2v) is 9.24. The van der Waals surface area contributed by atoms with Gasteiger partial charge in [-0.1, -0.05) is 42.5 Å². The average molecular weight is 507 g/mol. The van der Waals surface area contributed by atoms with Gasteiger partial charge in [0.1, 0.15) is 5.75 Å². The van der Waals surface area contributed by atoms with Gasteiger partial charge in [0.15, 0.2) is 5.78 Å². The van der Waals surface area contributed by atoms with Gasteiger partial charge in [0.05, 0.1) is 10.8 Å². The first-order chi connectivity index (χ1) is 16.4. The molecule has 0 saturated carbocycles. The number of ether oxygens (including phenoxy) is 1. The molecule has 0 aliphatic heterocycles. The second kappa shape index (κ2) is 10.6. The van der Waals surface area contributed by atoms with Crippen LogP contribution in [0.25, 0.3) is 0 Å². The largest absolute Gasteiger partial charge is 0.573 e. The Morgan fingerprint density at radius 3 is 2.20 bits per heavy atom. The van der Waals surface area contributed by atoms with Crippen molar-refractivity contribution < 1.29 is 41.0 Å². The molecule has 0 fully saturated rings. The van der Waals surface area contributed by atoms with Gasteiger partial charge in [0.25, 0.3) is 10.0 Å². The van der Waals surface area contributed by atoms with Crippen molar-refractivity contribution in [1.82, 2.24) is 0 Å². The number of halogens is 3. The van der Waals surface area contributed by atoms with Crippen molar-refractivity contribution in [3.8, 4) is 5.75 Å². The third-order valence-electron chi connectivity index (χ3n) is 4.91. The molecule has 0 aromatic heterocycles. The van der Waals surface area contributed by atoms with Crippen LogP contribution in [0.1, 0.15) is 22.3 Å². The van der Waals surface area contributed by atoms with Gasteiger partial charge in [-0.05, 0) is 48.4 Å². The summed E-state index contributed by atoms with van der Waals surface area (Å²) < 4.78 is 68.1. The maximum absolute atomic E-state index is 12.7. The number of carboxylic acid groups (broad SMARTS) is 1. The third-order valence-corrected chi connectivity index (χ3v) is 6.31. The Hall–Kier alpha value is -3.86. The summed E-state index contributed by atoms with van der Waals surface area (Å²) in [4.78, 5) is 24.1. The molecule has 0 saturated heterocycles. The van der Waals surface area contributed by atoms with Crippen molar-refractivity contribution in [2.24, 2.45) is 5.92 Å². The number of ketones is 1. The van der Waals surface area contributed by atoms with Crippen molar-refractivity contribution >= 4 is 27.5 Å². The molecule has 1 atom stereocenters. The Morgan fingerprint density at radius 2 is 1.60 bits per heavy atom. The van der Waals surface area contributed by atoms with Crippen LogP contribution in [0.3, 0.4) is 0 Å². The number of nitrogens with one attached hydrogen (secondary N) is 1. The number of carbonyl (C=O) groups is 2.